The van der Waals surface area contributed by atoms with E-state index < -0.39 is 0 Å². The lowest BCUT2D eigenvalue weighted by Crippen LogP contribution is -2.26. The first kappa shape index (κ1) is 14.5. The van der Waals surface area contributed by atoms with Gasteiger partial charge in [0, 0.05) is 23.8 Å². The van der Waals surface area contributed by atoms with Crippen LogP contribution in [0.2, 0.25) is 0 Å². The van der Waals surface area contributed by atoms with Gasteiger partial charge < -0.3 is 10.6 Å². The second-order valence-electron chi connectivity index (χ2n) is 4.76. The molecule has 0 radical (unpaired) electrons. The largest absolute Gasteiger partial charge is 0.350 e. The van der Waals surface area contributed by atoms with E-state index in [-0.39, 0.29) is 11.8 Å². The second-order valence-corrected chi connectivity index (χ2v) is 5.78. The topological polar surface area (TPSA) is 84.0 Å². The number of hydrogen-bond donors (Lipinski definition) is 2. The van der Waals surface area contributed by atoms with Crippen molar-refractivity contribution in [2.24, 2.45) is 0 Å². The van der Waals surface area contributed by atoms with Crippen LogP contribution in [0.1, 0.15) is 16.1 Å². The molecule has 0 bridgehead atoms. The SMILES string of the molecule is O=C1CSc2ccc(CCNC(=O)c3cnccn3)cc2N1. The highest BCUT2D eigenvalue weighted by Gasteiger charge is 2.15. The van der Waals surface area contributed by atoms with Crippen LogP contribution in [0.4, 0.5) is 5.69 Å². The third-order valence-corrected chi connectivity index (χ3v) is 4.25. The lowest BCUT2D eigenvalue weighted by molar-refractivity contribution is -0.113. The number of thioether (sulfide) groups is 1. The zero-order valence-electron chi connectivity index (χ0n) is 11.7. The molecule has 0 saturated heterocycles. The Labute approximate surface area is 131 Å². The van der Waals surface area contributed by atoms with Gasteiger partial charge in [0.2, 0.25) is 5.91 Å². The molecule has 0 atom stereocenters. The molecule has 112 valence electrons. The predicted octanol–water partition coefficient (Wildman–Crippen LogP) is 1.49. The van der Waals surface area contributed by atoms with Gasteiger partial charge in [-0.25, -0.2) is 4.98 Å². The van der Waals surface area contributed by atoms with Gasteiger partial charge in [-0.2, -0.15) is 0 Å². The Kier molecular flexibility index (Phi) is 4.34. The van der Waals surface area contributed by atoms with Gasteiger partial charge >= 0.3 is 0 Å². The van der Waals surface area contributed by atoms with Gasteiger partial charge in [0.25, 0.3) is 5.91 Å². The summed E-state index contributed by atoms with van der Waals surface area (Å²) in [6.07, 6.45) is 5.12. The van der Waals surface area contributed by atoms with Crippen molar-refractivity contribution >= 4 is 29.3 Å². The Hall–Kier alpha value is -2.41. The molecule has 1 aliphatic heterocycles. The summed E-state index contributed by atoms with van der Waals surface area (Å²) in [6.45, 7) is 0.495. The number of hydrogen-bond acceptors (Lipinski definition) is 5. The van der Waals surface area contributed by atoms with Gasteiger partial charge in [-0.15, -0.1) is 11.8 Å². The quantitative estimate of drug-likeness (QED) is 0.893. The van der Waals surface area contributed by atoms with Crippen molar-refractivity contribution < 1.29 is 9.59 Å². The molecule has 6 nitrogen and oxygen atoms in total. The van der Waals surface area contributed by atoms with E-state index in [1.165, 1.54) is 30.4 Å². The van der Waals surface area contributed by atoms with Crippen molar-refractivity contribution in [1.82, 2.24) is 15.3 Å². The van der Waals surface area contributed by atoms with E-state index in [9.17, 15) is 9.59 Å². The smallest absolute Gasteiger partial charge is 0.271 e. The first-order valence-electron chi connectivity index (χ1n) is 6.82. The third kappa shape index (κ3) is 3.43. The summed E-state index contributed by atoms with van der Waals surface area (Å²) in [6, 6.07) is 5.96. The van der Waals surface area contributed by atoms with E-state index in [0.29, 0.717) is 24.4 Å². The Morgan fingerprint density at radius 1 is 1.36 bits per heavy atom. The summed E-state index contributed by atoms with van der Waals surface area (Å²) >= 11 is 1.53. The minimum Gasteiger partial charge on any atom is -0.350 e. The van der Waals surface area contributed by atoms with Gasteiger partial charge in [0.1, 0.15) is 5.69 Å². The van der Waals surface area contributed by atoms with Gasteiger partial charge in [0.15, 0.2) is 0 Å². The molecule has 3 rings (SSSR count). The summed E-state index contributed by atoms with van der Waals surface area (Å²) in [5, 5.41) is 5.66. The molecule has 0 spiro atoms. The van der Waals surface area contributed by atoms with Crippen LogP contribution in [0.5, 0.6) is 0 Å². The number of nitrogens with zero attached hydrogens (tertiary/aromatic N) is 2. The van der Waals surface area contributed by atoms with Crippen molar-refractivity contribution in [3.8, 4) is 0 Å². The fourth-order valence-electron chi connectivity index (χ4n) is 2.11. The number of rotatable bonds is 4. The van der Waals surface area contributed by atoms with E-state index in [0.717, 1.165) is 16.1 Å². The number of carbonyl (C=O) groups is 2. The Balaban J connectivity index is 1.57. The summed E-state index contributed by atoms with van der Waals surface area (Å²) < 4.78 is 0. The average Bonchev–Trinajstić information content (AvgIpc) is 2.55. The molecule has 0 aliphatic carbocycles. The summed E-state index contributed by atoms with van der Waals surface area (Å²) in [4.78, 5) is 32.1. The Morgan fingerprint density at radius 3 is 3.09 bits per heavy atom. The lowest BCUT2D eigenvalue weighted by atomic mass is 10.1. The van der Waals surface area contributed by atoms with Crippen LogP contribution in [0.15, 0.2) is 41.7 Å². The number of amides is 2. The third-order valence-electron chi connectivity index (χ3n) is 3.17. The van der Waals surface area contributed by atoms with E-state index in [1.807, 2.05) is 18.2 Å². The van der Waals surface area contributed by atoms with Crippen LogP contribution in [0.25, 0.3) is 0 Å². The molecule has 0 fully saturated rings. The maximum Gasteiger partial charge on any atom is 0.271 e. The number of anilines is 1. The first-order valence-corrected chi connectivity index (χ1v) is 7.81. The van der Waals surface area contributed by atoms with Crippen molar-refractivity contribution in [2.45, 2.75) is 11.3 Å². The fraction of sp³-hybridized carbons (Fsp3) is 0.200. The van der Waals surface area contributed by atoms with Crippen LogP contribution in [-0.2, 0) is 11.2 Å². The molecule has 7 heteroatoms. The van der Waals surface area contributed by atoms with Crippen LogP contribution >= 0.6 is 11.8 Å². The molecule has 1 aromatic carbocycles. The maximum atomic E-state index is 11.8. The van der Waals surface area contributed by atoms with E-state index in [1.54, 1.807) is 0 Å². The van der Waals surface area contributed by atoms with Crippen molar-refractivity contribution in [2.75, 3.05) is 17.6 Å². The zero-order valence-corrected chi connectivity index (χ0v) is 12.5. The molecule has 2 heterocycles. The molecule has 2 N–H and O–H groups in total. The lowest BCUT2D eigenvalue weighted by Gasteiger charge is -2.17. The van der Waals surface area contributed by atoms with Crippen LogP contribution in [-0.4, -0.2) is 34.1 Å². The molecule has 22 heavy (non-hydrogen) atoms. The van der Waals surface area contributed by atoms with Crippen LogP contribution in [0, 0.1) is 0 Å². The highest BCUT2D eigenvalue weighted by atomic mass is 32.2. The molecular formula is C15H14N4O2S. The van der Waals surface area contributed by atoms with E-state index in [2.05, 4.69) is 20.6 Å². The van der Waals surface area contributed by atoms with Gasteiger partial charge in [0.05, 0.1) is 17.6 Å². The summed E-state index contributed by atoms with van der Waals surface area (Å²) in [5.74, 6) is 0.237. The van der Waals surface area contributed by atoms with Crippen LogP contribution in [0.3, 0.4) is 0 Å². The fourth-order valence-corrected chi connectivity index (χ4v) is 2.90. The monoisotopic (exact) mass is 314 g/mol. The number of aromatic nitrogens is 2. The molecule has 2 amide bonds. The number of nitrogens with one attached hydrogen (secondary N) is 2. The molecule has 1 aromatic heterocycles. The predicted molar refractivity (Wildman–Crippen MR) is 83.9 cm³/mol. The first-order chi connectivity index (χ1) is 10.7. The number of fused-ring (bicyclic) bond motifs is 1. The molecular weight excluding hydrogens is 300 g/mol. The zero-order chi connectivity index (χ0) is 15.4. The van der Waals surface area contributed by atoms with Crippen molar-refractivity contribution in [3.05, 3.63) is 48.0 Å². The van der Waals surface area contributed by atoms with Gasteiger partial charge in [-0.1, -0.05) is 6.07 Å². The molecule has 0 saturated carbocycles. The molecule has 2 aromatic rings. The van der Waals surface area contributed by atoms with Gasteiger partial charge in [-0.05, 0) is 24.1 Å². The van der Waals surface area contributed by atoms with Crippen LogP contribution < -0.4 is 10.6 Å². The van der Waals surface area contributed by atoms with Gasteiger partial charge in [-0.3, -0.25) is 14.6 Å². The summed E-state index contributed by atoms with van der Waals surface area (Å²) in [7, 11) is 0. The highest BCUT2D eigenvalue weighted by Crippen LogP contribution is 2.31. The number of benzene rings is 1. The minimum absolute atomic E-state index is 0.0191. The maximum absolute atomic E-state index is 11.8. The minimum atomic E-state index is -0.241. The Morgan fingerprint density at radius 2 is 2.27 bits per heavy atom. The second kappa shape index (κ2) is 6.57. The van der Waals surface area contributed by atoms with E-state index in [4.69, 9.17) is 0 Å². The summed E-state index contributed by atoms with van der Waals surface area (Å²) in [5.41, 5.74) is 2.21. The number of carbonyl (C=O) groups excluding carboxylic acids is 2. The van der Waals surface area contributed by atoms with Crippen molar-refractivity contribution in [1.29, 1.82) is 0 Å². The van der Waals surface area contributed by atoms with Crippen molar-refractivity contribution in [3.63, 3.8) is 0 Å². The standard InChI is InChI=1S/C15H14N4O2S/c20-14-9-22-13-2-1-10(7-11(13)19-14)3-4-18-15(21)12-8-16-5-6-17-12/h1-2,5-8H,3-4,9H2,(H,18,21)(H,19,20). The Bertz CT molecular complexity index is 706. The highest BCUT2D eigenvalue weighted by molar-refractivity contribution is 8.00. The molecule has 1 aliphatic rings. The average molecular weight is 314 g/mol. The van der Waals surface area contributed by atoms with E-state index >= 15 is 0 Å². The normalized spacial score (nSPS) is 13.2. The molecule has 0 unspecified atom stereocenters.